The van der Waals surface area contributed by atoms with Gasteiger partial charge in [0.1, 0.15) is 18.7 Å². The highest BCUT2D eigenvalue weighted by atomic mass is 16.5. The van der Waals surface area contributed by atoms with Gasteiger partial charge in [-0.3, -0.25) is 9.59 Å². The summed E-state index contributed by atoms with van der Waals surface area (Å²) in [5.74, 6) is -1.54. The fourth-order valence-electron chi connectivity index (χ4n) is 2.18. The maximum atomic E-state index is 12.4. The van der Waals surface area contributed by atoms with Crippen LogP contribution in [-0.4, -0.2) is 30.0 Å². The summed E-state index contributed by atoms with van der Waals surface area (Å²) < 4.78 is 5.11. The van der Waals surface area contributed by atoms with Crippen molar-refractivity contribution < 1.29 is 19.1 Å². The molecule has 0 saturated heterocycles. The van der Waals surface area contributed by atoms with Gasteiger partial charge in [-0.15, -0.1) is 0 Å². The number of nitrogens with zero attached hydrogens (tertiary/aromatic N) is 1. The molecule has 0 aliphatic rings. The smallest absolute Gasteiger partial charge is 0.408 e. The zero-order valence-electron chi connectivity index (χ0n) is 14.9. The molecule has 2 atom stereocenters. The zero-order valence-corrected chi connectivity index (χ0v) is 14.9. The fraction of sp³-hybridized carbons (Fsp3) is 0.444. The first-order valence-corrected chi connectivity index (χ1v) is 8.29. The van der Waals surface area contributed by atoms with Crippen molar-refractivity contribution in [2.75, 3.05) is 0 Å². The molecular weight excluding hydrogens is 336 g/mol. The van der Waals surface area contributed by atoms with E-state index in [2.05, 4.69) is 10.6 Å². The zero-order chi connectivity index (χ0) is 19.5. The maximum absolute atomic E-state index is 12.4. The molecule has 0 aromatic heterocycles. The van der Waals surface area contributed by atoms with Crippen LogP contribution >= 0.6 is 0 Å². The van der Waals surface area contributed by atoms with Gasteiger partial charge in [-0.1, -0.05) is 44.2 Å². The van der Waals surface area contributed by atoms with Gasteiger partial charge < -0.3 is 21.1 Å². The normalized spacial score (nSPS) is 12.5. The van der Waals surface area contributed by atoms with Gasteiger partial charge >= 0.3 is 6.09 Å². The van der Waals surface area contributed by atoms with Crippen LogP contribution in [0.25, 0.3) is 0 Å². The summed E-state index contributed by atoms with van der Waals surface area (Å²) >= 11 is 0. The lowest BCUT2D eigenvalue weighted by Gasteiger charge is -2.23. The second-order valence-corrected chi connectivity index (χ2v) is 6.09. The van der Waals surface area contributed by atoms with Crippen molar-refractivity contribution in [3.8, 4) is 6.07 Å². The molecular formula is C18H24N4O4. The van der Waals surface area contributed by atoms with Crippen LogP contribution < -0.4 is 16.4 Å². The molecule has 0 unspecified atom stereocenters. The second kappa shape index (κ2) is 10.7. The van der Waals surface area contributed by atoms with Crippen LogP contribution in [-0.2, 0) is 20.9 Å². The number of ether oxygens (including phenoxy) is 1. The number of hydrogen-bond acceptors (Lipinski definition) is 5. The minimum absolute atomic E-state index is 0.0746. The highest BCUT2D eigenvalue weighted by Crippen LogP contribution is 2.06. The van der Waals surface area contributed by atoms with Crippen molar-refractivity contribution in [2.24, 2.45) is 11.7 Å². The Balaban J connectivity index is 2.63. The van der Waals surface area contributed by atoms with E-state index in [0.717, 1.165) is 5.56 Å². The largest absolute Gasteiger partial charge is 0.445 e. The van der Waals surface area contributed by atoms with Gasteiger partial charge in [-0.25, -0.2) is 4.79 Å². The first kappa shape index (κ1) is 21.0. The standard InChI is InChI=1S/C18H24N4O4/c1-12(2)15(17(24)21-14(16(20)23)9-6-10-19)22-18(25)26-11-13-7-4-3-5-8-13/h3-5,7-8,12,14-15H,6,9,11H2,1-2H3,(H2,20,23)(H,21,24)(H,22,25)/t14-,15-/m1/s1. The molecule has 26 heavy (non-hydrogen) atoms. The molecule has 0 spiro atoms. The lowest BCUT2D eigenvalue weighted by molar-refractivity contribution is -0.129. The summed E-state index contributed by atoms with van der Waals surface area (Å²) in [7, 11) is 0. The van der Waals surface area contributed by atoms with Gasteiger partial charge in [-0.05, 0) is 17.9 Å². The number of primary amides is 1. The number of benzene rings is 1. The van der Waals surface area contributed by atoms with Gasteiger partial charge in [0.05, 0.1) is 6.07 Å². The highest BCUT2D eigenvalue weighted by molar-refractivity contribution is 5.90. The van der Waals surface area contributed by atoms with Crippen LogP contribution in [0.15, 0.2) is 30.3 Å². The molecule has 4 N–H and O–H groups in total. The summed E-state index contributed by atoms with van der Waals surface area (Å²) in [5, 5.41) is 13.6. The molecule has 0 radical (unpaired) electrons. The Kier molecular flexibility index (Phi) is 8.64. The molecule has 0 aliphatic heterocycles. The Morgan fingerprint density at radius 1 is 1.19 bits per heavy atom. The SMILES string of the molecule is CC(C)[C@@H](NC(=O)OCc1ccccc1)C(=O)N[C@H](CCC#N)C(N)=O. The number of amides is 3. The van der Waals surface area contributed by atoms with Crippen molar-refractivity contribution in [3.63, 3.8) is 0 Å². The van der Waals surface area contributed by atoms with E-state index < -0.39 is 30.0 Å². The minimum atomic E-state index is -0.967. The molecule has 0 aliphatic carbocycles. The number of nitrogens with two attached hydrogens (primary N) is 1. The average molecular weight is 360 g/mol. The van der Waals surface area contributed by atoms with E-state index in [9.17, 15) is 14.4 Å². The number of carbonyl (C=O) groups is 3. The predicted molar refractivity (Wildman–Crippen MR) is 94.4 cm³/mol. The van der Waals surface area contributed by atoms with Crippen molar-refractivity contribution in [3.05, 3.63) is 35.9 Å². The predicted octanol–water partition coefficient (Wildman–Crippen LogP) is 1.21. The number of nitriles is 1. The summed E-state index contributed by atoms with van der Waals surface area (Å²) in [6, 6.07) is 9.15. The van der Waals surface area contributed by atoms with Gasteiger partial charge in [-0.2, -0.15) is 5.26 Å². The Bertz CT molecular complexity index is 655. The van der Waals surface area contributed by atoms with Crippen LogP contribution in [0.4, 0.5) is 4.79 Å². The first-order chi connectivity index (χ1) is 12.3. The Hall–Kier alpha value is -3.08. The quantitative estimate of drug-likeness (QED) is 0.608. The molecule has 1 aromatic carbocycles. The number of hydrogen-bond donors (Lipinski definition) is 3. The van der Waals surface area contributed by atoms with Crippen LogP contribution in [0.1, 0.15) is 32.3 Å². The second-order valence-electron chi connectivity index (χ2n) is 6.09. The maximum Gasteiger partial charge on any atom is 0.408 e. The molecule has 1 rings (SSSR count). The van der Waals surface area contributed by atoms with E-state index in [0.29, 0.717) is 0 Å². The minimum Gasteiger partial charge on any atom is -0.445 e. The Labute approximate surface area is 152 Å². The number of rotatable bonds is 9. The fourth-order valence-corrected chi connectivity index (χ4v) is 2.18. The summed E-state index contributed by atoms with van der Waals surface area (Å²) in [5.41, 5.74) is 6.06. The van der Waals surface area contributed by atoms with Crippen molar-refractivity contribution in [1.82, 2.24) is 10.6 Å². The van der Waals surface area contributed by atoms with Gasteiger partial charge in [0.2, 0.25) is 11.8 Å². The first-order valence-electron chi connectivity index (χ1n) is 8.29. The van der Waals surface area contributed by atoms with Crippen LogP contribution in [0.5, 0.6) is 0 Å². The van der Waals surface area contributed by atoms with Crippen LogP contribution in [0.2, 0.25) is 0 Å². The van der Waals surface area contributed by atoms with Gasteiger partial charge in [0.25, 0.3) is 0 Å². The average Bonchev–Trinajstić information content (AvgIpc) is 2.61. The molecule has 8 heteroatoms. The van der Waals surface area contributed by atoms with Crippen molar-refractivity contribution in [1.29, 1.82) is 5.26 Å². The molecule has 8 nitrogen and oxygen atoms in total. The van der Waals surface area contributed by atoms with E-state index in [1.165, 1.54) is 0 Å². The molecule has 1 aromatic rings. The van der Waals surface area contributed by atoms with E-state index >= 15 is 0 Å². The third-order valence-electron chi connectivity index (χ3n) is 3.64. The number of alkyl carbamates (subject to hydrolysis) is 1. The lowest BCUT2D eigenvalue weighted by Crippen LogP contribution is -2.54. The molecule has 140 valence electrons. The van der Waals surface area contributed by atoms with E-state index in [1.807, 2.05) is 36.4 Å². The van der Waals surface area contributed by atoms with E-state index in [4.69, 9.17) is 15.7 Å². The number of nitrogens with one attached hydrogen (secondary N) is 2. The highest BCUT2D eigenvalue weighted by Gasteiger charge is 2.28. The monoisotopic (exact) mass is 360 g/mol. The molecule has 0 saturated carbocycles. The Morgan fingerprint density at radius 2 is 1.85 bits per heavy atom. The van der Waals surface area contributed by atoms with Crippen LogP contribution in [0, 0.1) is 17.2 Å². The number of carbonyl (C=O) groups excluding carboxylic acids is 3. The summed E-state index contributed by atoms with van der Waals surface area (Å²) in [6.45, 7) is 3.57. The third-order valence-corrected chi connectivity index (χ3v) is 3.64. The lowest BCUT2D eigenvalue weighted by atomic mass is 10.0. The van der Waals surface area contributed by atoms with Crippen molar-refractivity contribution in [2.45, 2.75) is 45.4 Å². The Morgan fingerprint density at radius 3 is 2.38 bits per heavy atom. The van der Waals surface area contributed by atoms with E-state index in [1.54, 1.807) is 13.8 Å². The summed E-state index contributed by atoms with van der Waals surface area (Å²) in [6.07, 6.45) is -0.552. The summed E-state index contributed by atoms with van der Waals surface area (Å²) in [4.78, 5) is 35.8. The topological polar surface area (TPSA) is 134 Å². The molecule has 3 amide bonds. The van der Waals surface area contributed by atoms with Crippen LogP contribution in [0.3, 0.4) is 0 Å². The molecule has 0 heterocycles. The van der Waals surface area contributed by atoms with Crippen molar-refractivity contribution >= 4 is 17.9 Å². The molecule has 0 bridgehead atoms. The third kappa shape index (κ3) is 7.21. The molecule has 0 fully saturated rings. The van der Waals surface area contributed by atoms with E-state index in [-0.39, 0.29) is 25.4 Å². The van der Waals surface area contributed by atoms with Gasteiger partial charge in [0, 0.05) is 6.42 Å². The van der Waals surface area contributed by atoms with Gasteiger partial charge in [0.15, 0.2) is 0 Å².